The molecule has 0 saturated heterocycles. The van der Waals surface area contributed by atoms with E-state index in [1.165, 1.54) is 10.8 Å². The number of rotatable bonds is 5. The van der Waals surface area contributed by atoms with Crippen molar-refractivity contribution < 1.29 is 9.90 Å². The predicted molar refractivity (Wildman–Crippen MR) is 77.9 cm³/mol. The Kier molecular flexibility index (Phi) is 3.29. The van der Waals surface area contributed by atoms with Crippen LogP contribution >= 0.6 is 0 Å². The lowest BCUT2D eigenvalue weighted by atomic mass is 10.2. The Hall–Kier alpha value is -2.49. The molecule has 0 aliphatic heterocycles. The van der Waals surface area contributed by atoms with Gasteiger partial charge in [-0.25, -0.2) is 4.79 Å². The van der Waals surface area contributed by atoms with Crippen LogP contribution in [0.2, 0.25) is 0 Å². The molecule has 0 unspecified atom stereocenters. The molecule has 2 aromatic heterocycles. The lowest BCUT2D eigenvalue weighted by Crippen LogP contribution is -2.09. The third-order valence-corrected chi connectivity index (χ3v) is 3.47. The van der Waals surface area contributed by atoms with Crippen molar-refractivity contribution in [2.24, 2.45) is 0 Å². The highest BCUT2D eigenvalue weighted by molar-refractivity contribution is 5.85. The fourth-order valence-corrected chi connectivity index (χ4v) is 2.50. The Morgan fingerprint density at radius 2 is 1.70 bits per heavy atom. The molecule has 102 valence electrons. The lowest BCUT2D eigenvalue weighted by Gasteiger charge is -2.06. The monoisotopic (exact) mass is 268 g/mol. The van der Waals surface area contributed by atoms with Crippen LogP contribution in [-0.2, 0) is 13.1 Å². The highest BCUT2D eigenvalue weighted by Gasteiger charge is 2.07. The maximum absolute atomic E-state index is 11.0. The fourth-order valence-electron chi connectivity index (χ4n) is 2.50. The van der Waals surface area contributed by atoms with Crippen molar-refractivity contribution in [2.75, 3.05) is 0 Å². The summed E-state index contributed by atoms with van der Waals surface area (Å²) in [5.41, 5.74) is 0.350. The van der Waals surface area contributed by atoms with Crippen LogP contribution in [0.25, 0.3) is 10.8 Å². The average molecular weight is 268 g/mol. The van der Waals surface area contributed by atoms with E-state index < -0.39 is 5.97 Å². The fraction of sp³-hybridized carbons (Fsp3) is 0.188. The average Bonchev–Trinajstić information content (AvgIpc) is 3.04. The molecular formula is C16H16N2O2. The number of hydrogen-bond donors (Lipinski definition) is 1. The van der Waals surface area contributed by atoms with Gasteiger partial charge in [-0.05, 0) is 29.3 Å². The molecule has 1 N–H and O–H groups in total. The van der Waals surface area contributed by atoms with Crippen LogP contribution in [0, 0.1) is 0 Å². The molecular weight excluding hydrogens is 252 g/mol. The molecule has 20 heavy (non-hydrogen) atoms. The van der Waals surface area contributed by atoms with Gasteiger partial charge in [0.05, 0.1) is 0 Å². The van der Waals surface area contributed by atoms with Crippen LogP contribution in [0.15, 0.2) is 55.0 Å². The first-order valence-electron chi connectivity index (χ1n) is 6.67. The zero-order valence-corrected chi connectivity index (χ0v) is 11.1. The van der Waals surface area contributed by atoms with Crippen molar-refractivity contribution in [3.63, 3.8) is 0 Å². The molecule has 0 atom stereocenters. The summed E-state index contributed by atoms with van der Waals surface area (Å²) in [6, 6.07) is 11.7. The van der Waals surface area contributed by atoms with Crippen LogP contribution < -0.4 is 0 Å². The summed E-state index contributed by atoms with van der Waals surface area (Å²) in [5.74, 6) is -0.873. The van der Waals surface area contributed by atoms with Crippen LogP contribution in [0.3, 0.4) is 0 Å². The zero-order chi connectivity index (χ0) is 13.9. The van der Waals surface area contributed by atoms with E-state index in [4.69, 9.17) is 5.11 Å². The van der Waals surface area contributed by atoms with Crippen molar-refractivity contribution in [3.8, 4) is 0 Å². The minimum atomic E-state index is -0.873. The highest BCUT2D eigenvalue weighted by atomic mass is 16.4. The first-order valence-corrected chi connectivity index (χ1v) is 6.67. The summed E-state index contributed by atoms with van der Waals surface area (Å²) in [7, 11) is 0. The van der Waals surface area contributed by atoms with Gasteiger partial charge in [0.25, 0.3) is 0 Å². The van der Waals surface area contributed by atoms with Crippen LogP contribution in [0.5, 0.6) is 0 Å². The van der Waals surface area contributed by atoms with Crippen molar-refractivity contribution in [3.05, 3.63) is 60.7 Å². The molecule has 4 nitrogen and oxygen atoms in total. The van der Waals surface area contributed by atoms with E-state index in [1.807, 2.05) is 18.3 Å². The minimum Gasteiger partial charge on any atom is -0.477 e. The maximum atomic E-state index is 11.0. The Labute approximate surface area is 116 Å². The van der Waals surface area contributed by atoms with Crippen molar-refractivity contribution >= 4 is 16.7 Å². The summed E-state index contributed by atoms with van der Waals surface area (Å²) in [6.45, 7) is 1.59. The van der Waals surface area contributed by atoms with Gasteiger partial charge >= 0.3 is 5.97 Å². The van der Waals surface area contributed by atoms with E-state index in [0.29, 0.717) is 12.2 Å². The van der Waals surface area contributed by atoms with E-state index in [2.05, 4.69) is 29.1 Å². The summed E-state index contributed by atoms with van der Waals surface area (Å²) in [5, 5.41) is 11.5. The third kappa shape index (κ3) is 2.45. The summed E-state index contributed by atoms with van der Waals surface area (Å²) in [4.78, 5) is 11.0. The van der Waals surface area contributed by atoms with Gasteiger partial charge < -0.3 is 14.2 Å². The van der Waals surface area contributed by atoms with Gasteiger partial charge in [0.1, 0.15) is 5.69 Å². The summed E-state index contributed by atoms with van der Waals surface area (Å²) >= 11 is 0. The number of carbonyl (C=O) groups is 1. The molecule has 0 spiro atoms. The topological polar surface area (TPSA) is 47.2 Å². The summed E-state index contributed by atoms with van der Waals surface area (Å²) < 4.78 is 3.94. The predicted octanol–water partition coefficient (Wildman–Crippen LogP) is 3.23. The van der Waals surface area contributed by atoms with Crippen molar-refractivity contribution in [1.29, 1.82) is 0 Å². The second kappa shape index (κ2) is 5.25. The maximum Gasteiger partial charge on any atom is 0.352 e. The number of fused-ring (bicyclic) bond motifs is 1. The number of benzene rings is 1. The van der Waals surface area contributed by atoms with E-state index in [0.717, 1.165) is 13.0 Å². The number of hydrogen-bond acceptors (Lipinski definition) is 1. The molecule has 0 bridgehead atoms. The van der Waals surface area contributed by atoms with Gasteiger partial charge in [-0.1, -0.05) is 24.3 Å². The van der Waals surface area contributed by atoms with Crippen LogP contribution in [-0.4, -0.2) is 20.2 Å². The lowest BCUT2D eigenvalue weighted by molar-refractivity contribution is 0.0685. The number of carboxylic acid groups (broad SMARTS) is 1. The quantitative estimate of drug-likeness (QED) is 0.772. The molecule has 0 saturated carbocycles. The molecule has 2 heterocycles. The molecule has 4 heteroatoms. The van der Waals surface area contributed by atoms with Crippen LogP contribution in [0.1, 0.15) is 16.9 Å². The number of aromatic carboxylic acids is 1. The smallest absolute Gasteiger partial charge is 0.352 e. The van der Waals surface area contributed by atoms with E-state index in [1.54, 1.807) is 16.7 Å². The first-order chi connectivity index (χ1) is 9.74. The number of aryl methyl sites for hydroxylation is 2. The molecule has 0 fully saturated rings. The number of carboxylic acids is 1. The van der Waals surface area contributed by atoms with Gasteiger partial charge in [0, 0.05) is 31.7 Å². The SMILES string of the molecule is O=C(O)c1cccn1CCCn1cc2ccccc2c1. The molecule has 1 aromatic carbocycles. The second-order valence-corrected chi connectivity index (χ2v) is 4.87. The first kappa shape index (κ1) is 12.5. The largest absolute Gasteiger partial charge is 0.477 e. The molecule has 3 aromatic rings. The Balaban J connectivity index is 1.65. The van der Waals surface area contributed by atoms with Gasteiger partial charge in [-0.2, -0.15) is 0 Å². The van der Waals surface area contributed by atoms with E-state index in [9.17, 15) is 4.79 Å². The van der Waals surface area contributed by atoms with Crippen molar-refractivity contribution in [2.45, 2.75) is 19.5 Å². The molecule has 0 aliphatic rings. The van der Waals surface area contributed by atoms with E-state index in [-0.39, 0.29) is 0 Å². The molecule has 0 radical (unpaired) electrons. The minimum absolute atomic E-state index is 0.350. The van der Waals surface area contributed by atoms with Gasteiger partial charge in [0.15, 0.2) is 0 Å². The second-order valence-electron chi connectivity index (χ2n) is 4.87. The van der Waals surface area contributed by atoms with Gasteiger partial charge in [-0.3, -0.25) is 0 Å². The van der Waals surface area contributed by atoms with E-state index >= 15 is 0 Å². The zero-order valence-electron chi connectivity index (χ0n) is 11.1. The molecule has 3 rings (SSSR count). The standard InChI is InChI=1S/C16H16N2O2/c19-16(20)15-7-3-9-18(15)10-4-8-17-11-13-5-1-2-6-14(13)12-17/h1-3,5-7,9,11-12H,4,8,10H2,(H,19,20). The number of aromatic nitrogens is 2. The Morgan fingerprint density at radius 3 is 2.35 bits per heavy atom. The van der Waals surface area contributed by atoms with Gasteiger partial charge in [0.2, 0.25) is 0 Å². The molecule has 0 aliphatic carbocycles. The van der Waals surface area contributed by atoms with Gasteiger partial charge in [-0.15, -0.1) is 0 Å². The van der Waals surface area contributed by atoms with Crippen molar-refractivity contribution in [1.82, 2.24) is 9.13 Å². The number of nitrogens with zero attached hydrogens (tertiary/aromatic N) is 2. The Morgan fingerprint density at radius 1 is 1.00 bits per heavy atom. The third-order valence-electron chi connectivity index (χ3n) is 3.47. The summed E-state index contributed by atoms with van der Waals surface area (Å²) in [6.07, 6.45) is 6.97. The highest BCUT2D eigenvalue weighted by Crippen LogP contribution is 2.15. The molecule has 0 amide bonds. The normalized spacial score (nSPS) is 11.0. The Bertz CT molecular complexity index is 707. The van der Waals surface area contributed by atoms with Crippen LogP contribution in [0.4, 0.5) is 0 Å².